The van der Waals surface area contributed by atoms with Crippen LogP contribution in [-0.2, 0) is 4.74 Å². The van der Waals surface area contributed by atoms with E-state index >= 15 is 0 Å². The Bertz CT molecular complexity index is 491. The minimum Gasteiger partial charge on any atom is -0.378 e. The number of carbonyl (C=O) groups excluding carboxylic acids is 1. The number of ketones is 1. The van der Waals surface area contributed by atoms with E-state index in [1.165, 1.54) is 6.07 Å². The van der Waals surface area contributed by atoms with E-state index in [1.54, 1.807) is 12.1 Å². The molecule has 0 aliphatic carbocycles. The smallest absolute Gasteiger partial charge is 0.169 e. The second-order valence-corrected chi connectivity index (χ2v) is 5.61. The van der Waals surface area contributed by atoms with Crippen LogP contribution in [0, 0.1) is 18.7 Å². The molecule has 0 radical (unpaired) electrons. The summed E-state index contributed by atoms with van der Waals surface area (Å²) in [6.07, 6.45) is 1.48. The largest absolute Gasteiger partial charge is 0.378 e. The molecule has 2 unspecified atom stereocenters. The number of benzene rings is 1. The van der Waals surface area contributed by atoms with E-state index in [9.17, 15) is 9.18 Å². The third-order valence-electron chi connectivity index (χ3n) is 4.01. The van der Waals surface area contributed by atoms with Crippen LogP contribution in [0.25, 0.3) is 0 Å². The van der Waals surface area contributed by atoms with Gasteiger partial charge in [0.25, 0.3) is 0 Å². The van der Waals surface area contributed by atoms with Gasteiger partial charge in [-0.25, -0.2) is 4.39 Å². The summed E-state index contributed by atoms with van der Waals surface area (Å²) < 4.78 is 19.3. The Kier molecular flexibility index (Phi) is 3.37. The van der Waals surface area contributed by atoms with Crippen molar-refractivity contribution in [2.24, 2.45) is 5.92 Å². The fraction of sp³-hybridized carbons (Fsp3) is 0.533. The highest BCUT2D eigenvalue weighted by Crippen LogP contribution is 2.28. The molecule has 2 atom stereocenters. The number of nitrogens with one attached hydrogen (secondary N) is 1. The van der Waals surface area contributed by atoms with Gasteiger partial charge in [0.1, 0.15) is 5.82 Å². The van der Waals surface area contributed by atoms with E-state index in [2.05, 4.69) is 5.32 Å². The monoisotopic (exact) mass is 263 g/mol. The summed E-state index contributed by atoms with van der Waals surface area (Å²) in [6.45, 7) is 3.12. The number of rotatable bonds is 2. The molecule has 2 aliphatic rings. The van der Waals surface area contributed by atoms with Crippen LogP contribution in [0.2, 0.25) is 0 Å². The predicted molar refractivity (Wildman–Crippen MR) is 69.7 cm³/mol. The Morgan fingerprint density at radius 1 is 1.32 bits per heavy atom. The van der Waals surface area contributed by atoms with E-state index in [-0.39, 0.29) is 29.3 Å². The molecule has 1 aromatic carbocycles. The summed E-state index contributed by atoms with van der Waals surface area (Å²) in [4.78, 5) is 12.5. The quantitative estimate of drug-likeness (QED) is 0.830. The van der Waals surface area contributed by atoms with Gasteiger partial charge in [-0.3, -0.25) is 4.79 Å². The summed E-state index contributed by atoms with van der Waals surface area (Å²) >= 11 is 0. The van der Waals surface area contributed by atoms with Crippen molar-refractivity contribution in [2.75, 3.05) is 13.2 Å². The highest BCUT2D eigenvalue weighted by Gasteiger charge is 2.36. The topological polar surface area (TPSA) is 38.3 Å². The number of carbonyl (C=O) groups is 1. The van der Waals surface area contributed by atoms with E-state index in [0.29, 0.717) is 13.2 Å². The van der Waals surface area contributed by atoms with Gasteiger partial charge in [-0.05, 0) is 37.5 Å². The number of piperidine rings is 1. The van der Waals surface area contributed by atoms with Crippen molar-refractivity contribution in [3.63, 3.8) is 0 Å². The molecular weight excluding hydrogens is 245 g/mol. The van der Waals surface area contributed by atoms with Crippen LogP contribution in [-0.4, -0.2) is 31.1 Å². The van der Waals surface area contributed by atoms with Gasteiger partial charge in [0.15, 0.2) is 5.78 Å². The number of ether oxygens (including phenoxy) is 1. The standard InChI is InChI=1S/C15H18FNO2/c1-9-2-3-13(14(16)4-9)15(18)10-5-11-7-19-8-12(6-10)17-11/h2-4,10-12,17H,5-8H2,1H3. The Morgan fingerprint density at radius 3 is 2.63 bits per heavy atom. The van der Waals surface area contributed by atoms with Crippen molar-refractivity contribution in [1.82, 2.24) is 5.32 Å². The van der Waals surface area contributed by atoms with E-state index in [1.807, 2.05) is 6.92 Å². The highest BCUT2D eigenvalue weighted by atomic mass is 19.1. The second kappa shape index (κ2) is 5.02. The van der Waals surface area contributed by atoms with Gasteiger partial charge in [0.2, 0.25) is 0 Å². The average molecular weight is 263 g/mol. The lowest BCUT2D eigenvalue weighted by molar-refractivity contribution is 0.00945. The first-order valence-electron chi connectivity index (χ1n) is 6.77. The lowest BCUT2D eigenvalue weighted by atomic mass is 9.82. The molecule has 2 fully saturated rings. The lowest BCUT2D eigenvalue weighted by Crippen LogP contribution is -2.55. The minimum atomic E-state index is -0.398. The Hall–Kier alpha value is -1.26. The first-order chi connectivity index (χ1) is 9.13. The Morgan fingerprint density at radius 2 is 2.00 bits per heavy atom. The fourth-order valence-corrected chi connectivity index (χ4v) is 3.09. The van der Waals surface area contributed by atoms with Crippen molar-refractivity contribution in [3.05, 3.63) is 35.1 Å². The SMILES string of the molecule is Cc1ccc(C(=O)C2CC3COCC(C2)N3)c(F)c1. The molecule has 0 aromatic heterocycles. The number of hydrogen-bond acceptors (Lipinski definition) is 3. The van der Waals surface area contributed by atoms with E-state index < -0.39 is 5.82 Å². The van der Waals surface area contributed by atoms with Crippen LogP contribution < -0.4 is 5.32 Å². The highest BCUT2D eigenvalue weighted by molar-refractivity contribution is 5.98. The van der Waals surface area contributed by atoms with Crippen molar-refractivity contribution in [2.45, 2.75) is 31.8 Å². The molecule has 19 heavy (non-hydrogen) atoms. The summed E-state index contributed by atoms with van der Waals surface area (Å²) in [5, 5.41) is 3.44. The lowest BCUT2D eigenvalue weighted by Gasteiger charge is -2.39. The van der Waals surface area contributed by atoms with Crippen LogP contribution in [0.15, 0.2) is 18.2 Å². The number of morpholine rings is 1. The maximum absolute atomic E-state index is 13.9. The second-order valence-electron chi connectivity index (χ2n) is 5.61. The molecule has 3 rings (SSSR count). The number of aryl methyl sites for hydroxylation is 1. The van der Waals surface area contributed by atoms with Gasteiger partial charge in [-0.2, -0.15) is 0 Å². The summed E-state index contributed by atoms with van der Waals surface area (Å²) in [7, 11) is 0. The maximum atomic E-state index is 13.9. The van der Waals surface area contributed by atoms with Gasteiger partial charge >= 0.3 is 0 Å². The van der Waals surface area contributed by atoms with Crippen LogP contribution in [0.1, 0.15) is 28.8 Å². The van der Waals surface area contributed by atoms with Crippen molar-refractivity contribution in [1.29, 1.82) is 0 Å². The summed E-state index contributed by atoms with van der Waals surface area (Å²) in [5.74, 6) is -0.543. The van der Waals surface area contributed by atoms with Crippen molar-refractivity contribution >= 4 is 5.78 Å². The molecule has 1 N–H and O–H groups in total. The van der Waals surface area contributed by atoms with E-state index in [4.69, 9.17) is 4.74 Å². The minimum absolute atomic E-state index is 0.0594. The third kappa shape index (κ3) is 2.55. The van der Waals surface area contributed by atoms with Crippen LogP contribution in [0.3, 0.4) is 0 Å². The van der Waals surface area contributed by atoms with Gasteiger partial charge in [0.05, 0.1) is 18.8 Å². The summed E-state index contributed by atoms with van der Waals surface area (Å²) in [5.41, 5.74) is 1.07. The molecule has 0 saturated carbocycles. The number of halogens is 1. The van der Waals surface area contributed by atoms with Gasteiger partial charge in [-0.1, -0.05) is 6.07 Å². The van der Waals surface area contributed by atoms with Crippen LogP contribution in [0.5, 0.6) is 0 Å². The molecule has 3 nitrogen and oxygen atoms in total. The van der Waals surface area contributed by atoms with Gasteiger partial charge in [-0.15, -0.1) is 0 Å². The first-order valence-corrected chi connectivity index (χ1v) is 6.77. The number of Topliss-reactive ketones (excluding diaryl/α,β-unsaturated/α-hetero) is 1. The van der Waals surface area contributed by atoms with Crippen molar-refractivity contribution in [3.8, 4) is 0 Å². The van der Waals surface area contributed by atoms with Gasteiger partial charge < -0.3 is 10.1 Å². The molecule has 2 aliphatic heterocycles. The molecule has 2 heterocycles. The Labute approximate surface area is 112 Å². The average Bonchev–Trinajstić information content (AvgIpc) is 2.37. The summed E-state index contributed by atoms with van der Waals surface area (Å²) in [6, 6.07) is 5.30. The number of fused-ring (bicyclic) bond motifs is 2. The van der Waals surface area contributed by atoms with E-state index in [0.717, 1.165) is 18.4 Å². The molecule has 102 valence electrons. The molecule has 2 saturated heterocycles. The normalized spacial score (nSPS) is 30.1. The Balaban J connectivity index is 1.80. The van der Waals surface area contributed by atoms with Crippen LogP contribution >= 0.6 is 0 Å². The molecule has 2 bridgehead atoms. The fourth-order valence-electron chi connectivity index (χ4n) is 3.09. The zero-order chi connectivity index (χ0) is 13.4. The van der Waals surface area contributed by atoms with Gasteiger partial charge in [0, 0.05) is 18.0 Å². The first kappa shape index (κ1) is 12.8. The van der Waals surface area contributed by atoms with Crippen molar-refractivity contribution < 1.29 is 13.9 Å². The molecule has 0 spiro atoms. The maximum Gasteiger partial charge on any atom is 0.169 e. The zero-order valence-electron chi connectivity index (χ0n) is 11.0. The molecule has 0 amide bonds. The molecular formula is C15H18FNO2. The predicted octanol–water partition coefficient (Wildman–Crippen LogP) is 2.08. The molecule has 4 heteroatoms. The number of hydrogen-bond donors (Lipinski definition) is 1. The molecule has 1 aromatic rings. The zero-order valence-corrected chi connectivity index (χ0v) is 11.0. The van der Waals surface area contributed by atoms with Crippen LogP contribution in [0.4, 0.5) is 4.39 Å². The third-order valence-corrected chi connectivity index (χ3v) is 4.01.